The molecular formula is C13H7Br2NO. The molecule has 2 aromatic carbocycles. The van der Waals surface area contributed by atoms with E-state index < -0.39 is 0 Å². The van der Waals surface area contributed by atoms with Crippen molar-refractivity contribution in [2.75, 3.05) is 0 Å². The molecule has 0 aliphatic heterocycles. The summed E-state index contributed by atoms with van der Waals surface area (Å²) in [7, 11) is 0. The second kappa shape index (κ2) is 5.35. The summed E-state index contributed by atoms with van der Waals surface area (Å²) in [6.45, 7) is 0. The Bertz CT molecular complexity index is 590. The van der Waals surface area contributed by atoms with Crippen molar-refractivity contribution in [3.63, 3.8) is 0 Å². The molecule has 0 saturated carbocycles. The predicted octanol–water partition coefficient (Wildman–Crippen LogP) is 4.88. The van der Waals surface area contributed by atoms with E-state index in [0.717, 1.165) is 8.95 Å². The Morgan fingerprint density at radius 3 is 2.47 bits per heavy atom. The molecule has 0 fully saturated rings. The monoisotopic (exact) mass is 351 g/mol. The van der Waals surface area contributed by atoms with Crippen molar-refractivity contribution in [2.45, 2.75) is 0 Å². The Kier molecular flexibility index (Phi) is 3.82. The molecule has 0 radical (unpaired) electrons. The van der Waals surface area contributed by atoms with Crippen LogP contribution in [0.1, 0.15) is 5.56 Å². The number of rotatable bonds is 2. The fourth-order valence-electron chi connectivity index (χ4n) is 1.32. The summed E-state index contributed by atoms with van der Waals surface area (Å²) >= 11 is 6.76. The fourth-order valence-corrected chi connectivity index (χ4v) is 2.02. The van der Waals surface area contributed by atoms with Gasteiger partial charge in [0.15, 0.2) is 0 Å². The maximum atomic E-state index is 9.00. The van der Waals surface area contributed by atoms with Crippen molar-refractivity contribution in [1.29, 1.82) is 5.26 Å². The molecule has 2 rings (SSSR count). The average Bonchev–Trinajstić information content (AvgIpc) is 2.32. The molecule has 0 atom stereocenters. The van der Waals surface area contributed by atoms with Gasteiger partial charge >= 0.3 is 0 Å². The minimum atomic E-state index is 0.504. The van der Waals surface area contributed by atoms with Crippen LogP contribution in [-0.2, 0) is 0 Å². The van der Waals surface area contributed by atoms with Gasteiger partial charge in [-0.05, 0) is 46.3 Å². The van der Waals surface area contributed by atoms with Gasteiger partial charge in [0, 0.05) is 4.47 Å². The summed E-state index contributed by atoms with van der Waals surface area (Å²) in [5.74, 6) is 1.22. The molecule has 0 heterocycles. The Morgan fingerprint density at radius 2 is 1.76 bits per heavy atom. The van der Waals surface area contributed by atoms with E-state index in [1.54, 1.807) is 12.1 Å². The van der Waals surface area contributed by atoms with Crippen molar-refractivity contribution in [1.82, 2.24) is 0 Å². The molecule has 0 aliphatic rings. The lowest BCUT2D eigenvalue weighted by Gasteiger charge is -2.09. The van der Waals surface area contributed by atoms with Gasteiger partial charge in [-0.2, -0.15) is 5.26 Å². The first kappa shape index (κ1) is 12.2. The van der Waals surface area contributed by atoms with Crippen molar-refractivity contribution < 1.29 is 4.74 Å². The van der Waals surface area contributed by atoms with Crippen LogP contribution in [0.25, 0.3) is 0 Å². The first-order chi connectivity index (χ1) is 8.20. The van der Waals surface area contributed by atoms with Gasteiger partial charge in [0.25, 0.3) is 0 Å². The highest BCUT2D eigenvalue weighted by Crippen LogP contribution is 2.32. The highest BCUT2D eigenvalue weighted by atomic mass is 79.9. The summed E-state index contributed by atoms with van der Waals surface area (Å²) in [4.78, 5) is 0. The van der Waals surface area contributed by atoms with E-state index in [9.17, 15) is 0 Å². The van der Waals surface area contributed by atoms with Crippen LogP contribution in [0.2, 0.25) is 0 Å². The summed E-state index contributed by atoms with van der Waals surface area (Å²) in [5, 5.41) is 9.00. The van der Waals surface area contributed by atoms with Gasteiger partial charge in [0.05, 0.1) is 10.0 Å². The number of para-hydroxylation sites is 1. The van der Waals surface area contributed by atoms with Gasteiger partial charge < -0.3 is 4.74 Å². The second-order valence-corrected chi connectivity index (χ2v) is 5.05. The van der Waals surface area contributed by atoms with Gasteiger partial charge in [0.1, 0.15) is 17.6 Å². The first-order valence-corrected chi connectivity index (χ1v) is 6.41. The van der Waals surface area contributed by atoms with Crippen LogP contribution in [0, 0.1) is 11.3 Å². The smallest absolute Gasteiger partial charge is 0.146 e. The first-order valence-electron chi connectivity index (χ1n) is 4.83. The molecule has 0 aromatic heterocycles. The quantitative estimate of drug-likeness (QED) is 0.771. The van der Waals surface area contributed by atoms with Crippen LogP contribution in [0.3, 0.4) is 0 Å². The molecule has 0 aliphatic carbocycles. The number of nitrogens with zero attached hydrogens (tertiary/aromatic N) is 1. The van der Waals surface area contributed by atoms with Crippen LogP contribution in [0.15, 0.2) is 51.4 Å². The van der Waals surface area contributed by atoms with E-state index in [4.69, 9.17) is 10.00 Å². The van der Waals surface area contributed by atoms with Crippen molar-refractivity contribution in [3.8, 4) is 17.6 Å². The molecule has 17 heavy (non-hydrogen) atoms. The molecule has 0 spiro atoms. The Labute approximate surface area is 116 Å². The van der Waals surface area contributed by atoms with E-state index in [0.29, 0.717) is 17.1 Å². The van der Waals surface area contributed by atoms with E-state index in [2.05, 4.69) is 37.9 Å². The Morgan fingerprint density at radius 1 is 1.00 bits per heavy atom. The van der Waals surface area contributed by atoms with E-state index in [1.165, 1.54) is 0 Å². The Balaban J connectivity index is 2.40. The molecule has 0 unspecified atom stereocenters. The van der Waals surface area contributed by atoms with Gasteiger partial charge in [-0.15, -0.1) is 0 Å². The summed E-state index contributed by atoms with van der Waals surface area (Å²) in [5.41, 5.74) is 0.504. The normalized spacial score (nSPS) is 9.71. The number of ether oxygens (including phenoxy) is 1. The third-order valence-electron chi connectivity index (χ3n) is 2.12. The average molecular weight is 353 g/mol. The standard InChI is InChI=1S/C13H7Br2NO/c14-10-6-5-9(8-16)13(7-10)17-12-4-2-1-3-11(12)15/h1-7H. The molecule has 4 heteroatoms. The lowest BCUT2D eigenvalue weighted by Crippen LogP contribution is -1.89. The fraction of sp³-hybridized carbons (Fsp3) is 0. The number of hydrogen-bond donors (Lipinski definition) is 0. The van der Waals surface area contributed by atoms with Gasteiger partial charge in [-0.1, -0.05) is 28.1 Å². The summed E-state index contributed by atoms with van der Waals surface area (Å²) < 4.78 is 7.44. The number of nitriles is 1. The molecule has 0 bridgehead atoms. The molecule has 84 valence electrons. The van der Waals surface area contributed by atoms with E-state index in [1.807, 2.05) is 30.3 Å². The third-order valence-corrected chi connectivity index (χ3v) is 3.27. The van der Waals surface area contributed by atoms with Gasteiger partial charge in [-0.25, -0.2) is 0 Å². The topological polar surface area (TPSA) is 33.0 Å². The van der Waals surface area contributed by atoms with E-state index >= 15 is 0 Å². The van der Waals surface area contributed by atoms with Crippen LogP contribution >= 0.6 is 31.9 Å². The van der Waals surface area contributed by atoms with Crippen molar-refractivity contribution >= 4 is 31.9 Å². The second-order valence-electron chi connectivity index (χ2n) is 3.28. The lowest BCUT2D eigenvalue weighted by molar-refractivity contribution is 0.478. The van der Waals surface area contributed by atoms with E-state index in [-0.39, 0.29) is 0 Å². The number of hydrogen-bond acceptors (Lipinski definition) is 2. The highest BCUT2D eigenvalue weighted by Gasteiger charge is 2.07. The van der Waals surface area contributed by atoms with Crippen molar-refractivity contribution in [2.24, 2.45) is 0 Å². The zero-order valence-electron chi connectivity index (χ0n) is 8.65. The summed E-state index contributed by atoms with van der Waals surface area (Å²) in [6.07, 6.45) is 0. The zero-order valence-corrected chi connectivity index (χ0v) is 11.8. The Hall–Kier alpha value is -1.31. The SMILES string of the molecule is N#Cc1ccc(Br)cc1Oc1ccccc1Br. The number of halogens is 2. The van der Waals surface area contributed by atoms with Crippen LogP contribution < -0.4 is 4.74 Å². The zero-order chi connectivity index (χ0) is 12.3. The van der Waals surface area contributed by atoms with Gasteiger partial charge in [-0.3, -0.25) is 0 Å². The van der Waals surface area contributed by atoms with Gasteiger partial charge in [0.2, 0.25) is 0 Å². The van der Waals surface area contributed by atoms with Crippen LogP contribution in [-0.4, -0.2) is 0 Å². The maximum Gasteiger partial charge on any atom is 0.146 e. The number of benzene rings is 2. The third kappa shape index (κ3) is 2.87. The largest absolute Gasteiger partial charge is 0.455 e. The lowest BCUT2D eigenvalue weighted by atomic mass is 10.2. The minimum Gasteiger partial charge on any atom is -0.455 e. The van der Waals surface area contributed by atoms with Crippen molar-refractivity contribution in [3.05, 3.63) is 57.0 Å². The molecule has 0 N–H and O–H groups in total. The molecule has 0 saturated heterocycles. The molecule has 2 nitrogen and oxygen atoms in total. The minimum absolute atomic E-state index is 0.504. The predicted molar refractivity (Wildman–Crippen MR) is 73.1 cm³/mol. The molecule has 0 amide bonds. The molecule has 2 aromatic rings. The molecular weight excluding hydrogens is 346 g/mol. The van der Waals surface area contributed by atoms with Crippen LogP contribution in [0.5, 0.6) is 11.5 Å². The maximum absolute atomic E-state index is 9.00. The summed E-state index contributed by atoms with van der Waals surface area (Å²) in [6, 6.07) is 14.9. The highest BCUT2D eigenvalue weighted by molar-refractivity contribution is 9.10. The van der Waals surface area contributed by atoms with Crippen LogP contribution in [0.4, 0.5) is 0 Å².